The SMILES string of the molecule is ClC1=C/C(=C2\CC3CCC2C3)[CH+]C=C1. The molecule has 3 aliphatic rings. The van der Waals surface area contributed by atoms with E-state index in [1.54, 1.807) is 5.57 Å². The first-order valence-electron chi connectivity index (χ1n) is 5.44. The van der Waals surface area contributed by atoms with E-state index in [0.717, 1.165) is 16.9 Å². The lowest BCUT2D eigenvalue weighted by atomic mass is 9.88. The van der Waals surface area contributed by atoms with Gasteiger partial charge in [0.1, 0.15) is 5.03 Å². The zero-order chi connectivity index (χ0) is 9.54. The Kier molecular flexibility index (Phi) is 1.98. The van der Waals surface area contributed by atoms with Crippen LogP contribution in [0.25, 0.3) is 0 Å². The van der Waals surface area contributed by atoms with Gasteiger partial charge in [-0.3, -0.25) is 0 Å². The summed E-state index contributed by atoms with van der Waals surface area (Å²) in [6, 6.07) is 0. The zero-order valence-corrected chi connectivity index (χ0v) is 8.93. The molecule has 0 radical (unpaired) electrons. The molecule has 3 aliphatic carbocycles. The second-order valence-electron chi connectivity index (χ2n) is 4.62. The number of hydrogen-bond acceptors (Lipinski definition) is 0. The van der Waals surface area contributed by atoms with E-state index in [2.05, 4.69) is 18.6 Å². The molecular weight excluding hydrogens is 192 g/mol. The maximum Gasteiger partial charge on any atom is 0.124 e. The van der Waals surface area contributed by atoms with Crippen molar-refractivity contribution in [2.24, 2.45) is 11.8 Å². The normalized spacial score (nSPS) is 39.9. The van der Waals surface area contributed by atoms with Crippen molar-refractivity contribution in [1.29, 1.82) is 0 Å². The van der Waals surface area contributed by atoms with Gasteiger partial charge in [0.15, 0.2) is 0 Å². The maximum absolute atomic E-state index is 6.01. The van der Waals surface area contributed by atoms with E-state index < -0.39 is 0 Å². The van der Waals surface area contributed by atoms with Crippen molar-refractivity contribution in [2.75, 3.05) is 0 Å². The van der Waals surface area contributed by atoms with Crippen molar-refractivity contribution in [2.45, 2.75) is 25.7 Å². The van der Waals surface area contributed by atoms with Gasteiger partial charge in [-0.05, 0) is 25.2 Å². The second kappa shape index (κ2) is 3.20. The Bertz CT molecular complexity index is 346. The molecule has 0 aromatic rings. The fourth-order valence-electron chi connectivity index (χ4n) is 3.10. The molecule has 0 amide bonds. The Morgan fingerprint density at radius 1 is 1.36 bits per heavy atom. The number of halogens is 1. The molecule has 1 heteroatoms. The van der Waals surface area contributed by atoms with E-state index in [9.17, 15) is 0 Å². The first-order valence-corrected chi connectivity index (χ1v) is 5.82. The van der Waals surface area contributed by atoms with E-state index in [0.29, 0.717) is 0 Å². The average Bonchev–Trinajstić information content (AvgIpc) is 2.78. The van der Waals surface area contributed by atoms with Crippen LogP contribution in [0.3, 0.4) is 0 Å². The van der Waals surface area contributed by atoms with Gasteiger partial charge in [-0.1, -0.05) is 11.6 Å². The Hall–Kier alpha value is -0.620. The molecule has 2 saturated carbocycles. The van der Waals surface area contributed by atoms with Crippen LogP contribution in [0.1, 0.15) is 25.7 Å². The second-order valence-corrected chi connectivity index (χ2v) is 5.05. The predicted octanol–water partition coefficient (Wildman–Crippen LogP) is 4.00. The highest BCUT2D eigenvalue weighted by atomic mass is 35.5. The molecule has 0 saturated heterocycles. The molecule has 0 aliphatic heterocycles. The summed E-state index contributed by atoms with van der Waals surface area (Å²) in [5, 5.41) is 0.873. The van der Waals surface area contributed by atoms with Crippen molar-refractivity contribution in [3.05, 3.63) is 40.8 Å². The summed E-state index contributed by atoms with van der Waals surface area (Å²) in [6.45, 7) is 0. The lowest BCUT2D eigenvalue weighted by Gasteiger charge is -2.12. The summed E-state index contributed by atoms with van der Waals surface area (Å²) >= 11 is 6.01. The highest BCUT2D eigenvalue weighted by Gasteiger charge is 2.39. The van der Waals surface area contributed by atoms with Crippen LogP contribution >= 0.6 is 11.6 Å². The van der Waals surface area contributed by atoms with Crippen molar-refractivity contribution < 1.29 is 0 Å². The Morgan fingerprint density at radius 2 is 2.29 bits per heavy atom. The minimum Gasteiger partial charge on any atom is -0.0604 e. The van der Waals surface area contributed by atoms with Gasteiger partial charge in [-0.15, -0.1) is 0 Å². The largest absolute Gasteiger partial charge is 0.124 e. The van der Waals surface area contributed by atoms with Crippen LogP contribution in [-0.2, 0) is 0 Å². The molecule has 0 aromatic carbocycles. The molecule has 72 valence electrons. The van der Waals surface area contributed by atoms with E-state index in [-0.39, 0.29) is 0 Å². The van der Waals surface area contributed by atoms with E-state index in [1.165, 1.54) is 31.3 Å². The molecular formula is C13H14Cl+. The highest BCUT2D eigenvalue weighted by molar-refractivity contribution is 6.31. The molecule has 2 bridgehead atoms. The van der Waals surface area contributed by atoms with Gasteiger partial charge in [0.25, 0.3) is 0 Å². The van der Waals surface area contributed by atoms with Gasteiger partial charge < -0.3 is 0 Å². The molecule has 2 atom stereocenters. The van der Waals surface area contributed by atoms with Gasteiger partial charge in [-0.2, -0.15) is 0 Å². The summed E-state index contributed by atoms with van der Waals surface area (Å²) < 4.78 is 0. The number of fused-ring (bicyclic) bond motifs is 2. The Balaban J connectivity index is 1.94. The fraction of sp³-hybridized carbons (Fsp3) is 0.462. The van der Waals surface area contributed by atoms with Crippen LogP contribution in [0.2, 0.25) is 0 Å². The van der Waals surface area contributed by atoms with Crippen LogP contribution < -0.4 is 0 Å². The average molecular weight is 206 g/mol. The maximum atomic E-state index is 6.01. The van der Waals surface area contributed by atoms with Crippen LogP contribution in [-0.4, -0.2) is 0 Å². The molecule has 2 fully saturated rings. The minimum atomic E-state index is 0.873. The van der Waals surface area contributed by atoms with Crippen molar-refractivity contribution in [3.63, 3.8) is 0 Å². The topological polar surface area (TPSA) is 0 Å². The van der Waals surface area contributed by atoms with Crippen molar-refractivity contribution in [3.8, 4) is 0 Å². The molecule has 0 heterocycles. The minimum absolute atomic E-state index is 0.873. The molecule has 0 N–H and O–H groups in total. The van der Waals surface area contributed by atoms with Gasteiger partial charge >= 0.3 is 0 Å². The molecule has 0 nitrogen and oxygen atoms in total. The zero-order valence-electron chi connectivity index (χ0n) is 8.17. The van der Waals surface area contributed by atoms with Crippen LogP contribution in [0.4, 0.5) is 0 Å². The number of hydrogen-bond donors (Lipinski definition) is 0. The summed E-state index contributed by atoms with van der Waals surface area (Å²) in [4.78, 5) is 0. The van der Waals surface area contributed by atoms with Gasteiger partial charge in [0, 0.05) is 36.5 Å². The van der Waals surface area contributed by atoms with E-state index in [4.69, 9.17) is 11.6 Å². The van der Waals surface area contributed by atoms with E-state index in [1.807, 2.05) is 6.08 Å². The lowest BCUT2D eigenvalue weighted by molar-refractivity contribution is 0.559. The van der Waals surface area contributed by atoms with E-state index >= 15 is 0 Å². The highest BCUT2D eigenvalue weighted by Crippen LogP contribution is 2.49. The Labute approximate surface area is 90.3 Å². The quantitative estimate of drug-likeness (QED) is 0.525. The number of allylic oxidation sites excluding steroid dienone is 6. The molecule has 3 rings (SSSR count). The standard InChI is InChI=1S/C13H14Cl/c14-12-3-1-2-10(8-12)13-7-9-4-5-11(13)6-9/h1-3,8-9,11H,4-7H2/q+1/b13-10+. The first-order chi connectivity index (χ1) is 6.83. The molecule has 0 aromatic heterocycles. The summed E-state index contributed by atoms with van der Waals surface area (Å²) in [5.74, 6) is 1.85. The van der Waals surface area contributed by atoms with Gasteiger partial charge in [-0.25, -0.2) is 0 Å². The molecule has 0 spiro atoms. The third kappa shape index (κ3) is 1.33. The molecule has 2 unspecified atom stereocenters. The van der Waals surface area contributed by atoms with Crippen LogP contribution in [0.5, 0.6) is 0 Å². The first kappa shape index (κ1) is 8.67. The predicted molar refractivity (Wildman–Crippen MR) is 59.9 cm³/mol. The van der Waals surface area contributed by atoms with Crippen LogP contribution in [0.15, 0.2) is 34.4 Å². The van der Waals surface area contributed by atoms with Gasteiger partial charge in [0.2, 0.25) is 0 Å². The summed E-state index contributed by atoms with van der Waals surface area (Å²) in [7, 11) is 0. The number of rotatable bonds is 0. The van der Waals surface area contributed by atoms with Crippen LogP contribution in [0, 0.1) is 18.3 Å². The smallest absolute Gasteiger partial charge is 0.0604 e. The van der Waals surface area contributed by atoms with Crippen molar-refractivity contribution >= 4 is 11.6 Å². The summed E-state index contributed by atoms with van der Waals surface area (Å²) in [6.07, 6.45) is 14.0. The van der Waals surface area contributed by atoms with Crippen molar-refractivity contribution in [1.82, 2.24) is 0 Å². The third-order valence-electron chi connectivity index (χ3n) is 3.74. The lowest BCUT2D eigenvalue weighted by Crippen LogP contribution is -2.02. The Morgan fingerprint density at radius 3 is 2.93 bits per heavy atom. The fourth-order valence-corrected chi connectivity index (χ4v) is 3.29. The summed E-state index contributed by atoms with van der Waals surface area (Å²) in [5.41, 5.74) is 3.06. The monoisotopic (exact) mass is 205 g/mol. The van der Waals surface area contributed by atoms with Gasteiger partial charge in [0.05, 0.1) is 11.6 Å². The molecule has 14 heavy (non-hydrogen) atoms. The third-order valence-corrected chi connectivity index (χ3v) is 3.97.